The fourth-order valence-corrected chi connectivity index (χ4v) is 4.64. The molecule has 4 nitrogen and oxygen atoms in total. The third kappa shape index (κ3) is 3.38. The molecule has 0 unspecified atom stereocenters. The highest BCUT2D eigenvalue weighted by Gasteiger charge is 2.22. The highest BCUT2D eigenvalue weighted by Crippen LogP contribution is 2.32. The predicted octanol–water partition coefficient (Wildman–Crippen LogP) is 3.57. The van der Waals surface area contributed by atoms with Gasteiger partial charge in [0.2, 0.25) is 10.0 Å². The molecule has 0 aliphatic carbocycles. The molecular formula is C12H11BrCl2N2O2S. The summed E-state index contributed by atoms with van der Waals surface area (Å²) in [6.07, 6.45) is 1.84. The number of sulfonamides is 1. The fourth-order valence-electron chi connectivity index (χ4n) is 1.71. The molecule has 8 heteroatoms. The molecule has 0 aliphatic heterocycles. The van der Waals surface area contributed by atoms with Crippen molar-refractivity contribution in [3.8, 4) is 0 Å². The van der Waals surface area contributed by atoms with Crippen LogP contribution in [-0.2, 0) is 23.6 Å². The van der Waals surface area contributed by atoms with Crippen LogP contribution in [0.1, 0.15) is 5.69 Å². The molecule has 2 rings (SSSR count). The first kappa shape index (κ1) is 15.9. The predicted molar refractivity (Wildman–Crippen MR) is 83.6 cm³/mol. The van der Waals surface area contributed by atoms with Crippen LogP contribution < -0.4 is 4.72 Å². The molecule has 108 valence electrons. The number of rotatable bonds is 4. The summed E-state index contributed by atoms with van der Waals surface area (Å²) in [6, 6.07) is 6.64. The summed E-state index contributed by atoms with van der Waals surface area (Å²) in [7, 11) is -1.94. The third-order valence-electron chi connectivity index (χ3n) is 2.73. The van der Waals surface area contributed by atoms with Crippen LogP contribution in [0.25, 0.3) is 0 Å². The van der Waals surface area contributed by atoms with Crippen molar-refractivity contribution in [2.75, 3.05) is 0 Å². The van der Waals surface area contributed by atoms with Crippen LogP contribution in [0.2, 0.25) is 10.0 Å². The molecule has 0 atom stereocenters. The minimum Gasteiger partial charge on any atom is -0.353 e. The maximum Gasteiger partial charge on any atom is 0.243 e. The molecule has 0 amide bonds. The van der Waals surface area contributed by atoms with Crippen LogP contribution >= 0.6 is 39.1 Å². The summed E-state index contributed by atoms with van der Waals surface area (Å²) in [6.45, 7) is 0.161. The van der Waals surface area contributed by atoms with E-state index >= 15 is 0 Å². The molecule has 0 radical (unpaired) electrons. The van der Waals surface area contributed by atoms with Crippen molar-refractivity contribution in [2.24, 2.45) is 7.05 Å². The van der Waals surface area contributed by atoms with Gasteiger partial charge >= 0.3 is 0 Å². The molecule has 0 aliphatic rings. The minimum atomic E-state index is -3.78. The molecule has 1 heterocycles. The molecule has 0 fully saturated rings. The highest BCUT2D eigenvalue weighted by molar-refractivity contribution is 9.10. The lowest BCUT2D eigenvalue weighted by Gasteiger charge is -2.11. The molecule has 1 N–H and O–H groups in total. The van der Waals surface area contributed by atoms with Crippen LogP contribution in [0, 0.1) is 0 Å². The standard InChI is InChI=1S/C12H11BrCl2N2O2S/c1-17-4-2-3-9(17)7-16-20(18,19)12-10(14)5-8(13)6-11(12)15/h2-6,16H,7H2,1H3. The topological polar surface area (TPSA) is 51.1 Å². The maximum atomic E-state index is 12.3. The molecule has 0 saturated heterocycles. The average Bonchev–Trinajstić information content (AvgIpc) is 2.70. The lowest BCUT2D eigenvalue weighted by Crippen LogP contribution is -2.24. The van der Waals surface area contributed by atoms with Gasteiger partial charge in [-0.05, 0) is 24.3 Å². The smallest absolute Gasteiger partial charge is 0.243 e. The first-order valence-corrected chi connectivity index (χ1v) is 8.59. The summed E-state index contributed by atoms with van der Waals surface area (Å²) >= 11 is 15.2. The second-order valence-electron chi connectivity index (χ2n) is 4.13. The number of halogens is 3. The van der Waals surface area contributed by atoms with Crippen molar-refractivity contribution in [3.63, 3.8) is 0 Å². The van der Waals surface area contributed by atoms with Crippen LogP contribution in [0.15, 0.2) is 39.8 Å². The van der Waals surface area contributed by atoms with Crippen molar-refractivity contribution < 1.29 is 8.42 Å². The van der Waals surface area contributed by atoms with Gasteiger partial charge in [-0.2, -0.15) is 0 Å². The Bertz CT molecular complexity index is 721. The fraction of sp³-hybridized carbons (Fsp3) is 0.167. The Kier molecular flexibility index (Phi) is 4.81. The van der Waals surface area contributed by atoms with Crippen LogP contribution in [0.3, 0.4) is 0 Å². The zero-order chi connectivity index (χ0) is 14.9. The molecular weight excluding hydrogens is 387 g/mol. The lowest BCUT2D eigenvalue weighted by atomic mass is 10.4. The minimum absolute atomic E-state index is 0.0729. The van der Waals surface area contributed by atoms with Gasteiger partial charge in [0.25, 0.3) is 0 Å². The van der Waals surface area contributed by atoms with E-state index in [4.69, 9.17) is 23.2 Å². The van der Waals surface area contributed by atoms with Crippen molar-refractivity contribution >= 4 is 49.2 Å². The van der Waals surface area contributed by atoms with Crippen LogP contribution in [-0.4, -0.2) is 13.0 Å². The van der Waals surface area contributed by atoms with Crippen molar-refractivity contribution in [1.82, 2.24) is 9.29 Å². The average molecular weight is 398 g/mol. The van der Waals surface area contributed by atoms with Gasteiger partial charge < -0.3 is 4.57 Å². The Morgan fingerprint density at radius 1 is 1.30 bits per heavy atom. The number of nitrogens with zero attached hydrogens (tertiary/aromatic N) is 1. The van der Waals surface area contributed by atoms with Crippen LogP contribution in [0.5, 0.6) is 0 Å². The Labute approximate surface area is 135 Å². The molecule has 0 bridgehead atoms. The number of hydrogen-bond donors (Lipinski definition) is 1. The van der Waals surface area contributed by atoms with Crippen molar-refractivity contribution in [3.05, 3.63) is 50.7 Å². The second kappa shape index (κ2) is 6.07. The van der Waals surface area contributed by atoms with Gasteiger partial charge in [-0.1, -0.05) is 39.1 Å². The van der Waals surface area contributed by atoms with Crippen LogP contribution in [0.4, 0.5) is 0 Å². The van der Waals surface area contributed by atoms with E-state index in [0.717, 1.165) is 5.69 Å². The van der Waals surface area contributed by atoms with Gasteiger partial charge in [0.1, 0.15) is 4.90 Å². The number of benzene rings is 1. The van der Waals surface area contributed by atoms with E-state index in [1.54, 1.807) is 0 Å². The van der Waals surface area contributed by atoms with E-state index in [-0.39, 0.29) is 21.5 Å². The Morgan fingerprint density at radius 3 is 2.40 bits per heavy atom. The van der Waals surface area contributed by atoms with E-state index in [1.165, 1.54) is 12.1 Å². The summed E-state index contributed by atoms with van der Waals surface area (Å²) in [5.74, 6) is 0. The Hall–Kier alpha value is -0.530. The van der Waals surface area contributed by atoms with Gasteiger partial charge in [-0.25, -0.2) is 13.1 Å². The molecule has 0 spiro atoms. The highest BCUT2D eigenvalue weighted by atomic mass is 79.9. The molecule has 1 aromatic carbocycles. The number of aryl methyl sites for hydroxylation is 1. The summed E-state index contributed by atoms with van der Waals surface area (Å²) in [5.41, 5.74) is 0.831. The number of nitrogens with one attached hydrogen (secondary N) is 1. The quantitative estimate of drug-likeness (QED) is 0.857. The first-order chi connectivity index (χ1) is 9.31. The van der Waals surface area contributed by atoms with Gasteiger partial charge in [0.15, 0.2) is 0 Å². The van der Waals surface area contributed by atoms with E-state index in [9.17, 15) is 8.42 Å². The zero-order valence-electron chi connectivity index (χ0n) is 10.4. The Balaban J connectivity index is 2.30. The van der Waals surface area contributed by atoms with Gasteiger partial charge in [-0.15, -0.1) is 0 Å². The van der Waals surface area contributed by atoms with E-state index < -0.39 is 10.0 Å². The summed E-state index contributed by atoms with van der Waals surface area (Å²) in [5, 5.41) is 0.146. The molecule has 2 aromatic rings. The first-order valence-electron chi connectivity index (χ1n) is 5.55. The van der Waals surface area contributed by atoms with Crippen molar-refractivity contribution in [1.29, 1.82) is 0 Å². The molecule has 1 aromatic heterocycles. The summed E-state index contributed by atoms with van der Waals surface area (Å²) in [4.78, 5) is -0.113. The van der Waals surface area contributed by atoms with Gasteiger partial charge in [0.05, 0.1) is 16.6 Å². The monoisotopic (exact) mass is 396 g/mol. The number of hydrogen-bond acceptors (Lipinski definition) is 2. The van der Waals surface area contributed by atoms with E-state index in [2.05, 4.69) is 20.7 Å². The maximum absolute atomic E-state index is 12.3. The number of aromatic nitrogens is 1. The lowest BCUT2D eigenvalue weighted by molar-refractivity contribution is 0.579. The van der Waals surface area contributed by atoms with Crippen molar-refractivity contribution in [2.45, 2.75) is 11.4 Å². The van der Waals surface area contributed by atoms with E-state index in [1.807, 2.05) is 29.9 Å². The Morgan fingerprint density at radius 2 is 1.90 bits per heavy atom. The molecule has 20 heavy (non-hydrogen) atoms. The largest absolute Gasteiger partial charge is 0.353 e. The van der Waals surface area contributed by atoms with E-state index in [0.29, 0.717) is 4.47 Å². The SMILES string of the molecule is Cn1cccc1CNS(=O)(=O)c1c(Cl)cc(Br)cc1Cl. The van der Waals surface area contributed by atoms with Gasteiger partial charge in [-0.3, -0.25) is 0 Å². The van der Waals surface area contributed by atoms with Gasteiger partial charge in [0, 0.05) is 23.4 Å². The normalized spacial score (nSPS) is 11.8. The molecule has 0 saturated carbocycles. The second-order valence-corrected chi connectivity index (χ2v) is 7.57. The zero-order valence-corrected chi connectivity index (χ0v) is 14.3. The third-order valence-corrected chi connectivity index (χ3v) is 5.51. The summed E-state index contributed by atoms with van der Waals surface area (Å²) < 4.78 is 29.5.